The number of fused-ring (bicyclic) bond motifs is 5. The van der Waals surface area contributed by atoms with E-state index in [0.717, 1.165) is 60.7 Å². The fourth-order valence-corrected chi connectivity index (χ4v) is 10.3. The lowest BCUT2D eigenvalue weighted by molar-refractivity contribution is -0.141. The summed E-state index contributed by atoms with van der Waals surface area (Å²) in [6.07, 6.45) is 13.5. The van der Waals surface area contributed by atoms with Crippen molar-refractivity contribution in [1.29, 1.82) is 0 Å². The van der Waals surface area contributed by atoms with E-state index in [1.807, 2.05) is 30.4 Å². The number of nitrogens with zero attached hydrogens (tertiary/aromatic N) is 2. The van der Waals surface area contributed by atoms with Gasteiger partial charge in [-0.2, -0.15) is 0 Å². The molecule has 3 N–H and O–H groups in total. The van der Waals surface area contributed by atoms with E-state index in [2.05, 4.69) is 22.3 Å². The third kappa shape index (κ3) is 7.87. The highest BCUT2D eigenvalue weighted by atomic mass is 32.2. The number of allylic oxidation sites excluding steroid dienone is 1. The minimum atomic E-state index is -3.99. The average molecular weight is 820 g/mol. The van der Waals surface area contributed by atoms with Crippen molar-refractivity contribution in [2.75, 3.05) is 20.3 Å². The summed E-state index contributed by atoms with van der Waals surface area (Å²) >= 11 is 0. The Morgan fingerprint density at radius 1 is 1.07 bits per heavy atom. The summed E-state index contributed by atoms with van der Waals surface area (Å²) < 4.78 is 45.9. The van der Waals surface area contributed by atoms with E-state index in [9.17, 15) is 27.6 Å². The lowest BCUT2D eigenvalue weighted by Gasteiger charge is -2.37. The number of hydrogen-bond donors (Lipinski definition) is 3. The summed E-state index contributed by atoms with van der Waals surface area (Å²) in [6.45, 7) is 3.98. The molecule has 1 spiro atoms. The highest BCUT2D eigenvalue weighted by Crippen LogP contribution is 2.52. The number of alkyl carbamates (subject to hydrolysis) is 1. The van der Waals surface area contributed by atoms with Crippen LogP contribution in [-0.2, 0) is 35.6 Å². The number of sulfonamides is 1. The van der Waals surface area contributed by atoms with Crippen molar-refractivity contribution in [3.63, 3.8) is 0 Å². The quantitative estimate of drug-likeness (QED) is 0.206. The number of carbonyl (C=O) groups excluding carboxylic acids is 4. The van der Waals surface area contributed by atoms with Gasteiger partial charge in [0.1, 0.15) is 34.7 Å². The van der Waals surface area contributed by atoms with Crippen LogP contribution < -0.4 is 24.8 Å². The van der Waals surface area contributed by atoms with Crippen LogP contribution in [0, 0.1) is 5.92 Å². The SMILES string of the molecule is CCCCCOC(=O)N[C@H]1CCCCC/C=C\[C@@H]2C[C@@]2(C(=O)NS(=O)(=O)C2(C)CC2)NC(=O)[C@@H]2C[C@]3(CCc4c(c(C5CC5)nc5cc(OC)ccc45)O3)CN2C1=O. The average Bonchev–Trinajstić information content (AvgIpc) is 4.14. The maximum absolute atomic E-state index is 14.8. The van der Waals surface area contributed by atoms with Gasteiger partial charge in [-0.15, -0.1) is 0 Å². The van der Waals surface area contributed by atoms with Gasteiger partial charge in [-0.05, 0) is 89.7 Å². The van der Waals surface area contributed by atoms with Crippen LogP contribution in [0.15, 0.2) is 30.4 Å². The number of carbonyl (C=O) groups is 4. The molecule has 0 bridgehead atoms. The first-order chi connectivity index (χ1) is 27.8. The third-order valence-corrected chi connectivity index (χ3v) is 15.4. The summed E-state index contributed by atoms with van der Waals surface area (Å²) in [6, 6.07) is 3.81. The molecule has 1 saturated heterocycles. The molecule has 2 aromatic rings. The Balaban J connectivity index is 1.13. The maximum Gasteiger partial charge on any atom is 0.407 e. The van der Waals surface area contributed by atoms with Gasteiger partial charge in [0, 0.05) is 35.3 Å². The van der Waals surface area contributed by atoms with Gasteiger partial charge in [-0.3, -0.25) is 19.1 Å². The largest absolute Gasteiger partial charge is 0.497 e. The van der Waals surface area contributed by atoms with E-state index in [1.54, 1.807) is 14.0 Å². The number of hydrogen-bond acceptors (Lipinski definition) is 10. The first-order valence-electron chi connectivity index (χ1n) is 21.3. The monoisotopic (exact) mass is 819 g/mol. The van der Waals surface area contributed by atoms with Crippen LogP contribution in [0.1, 0.15) is 127 Å². The number of nitrogens with one attached hydrogen (secondary N) is 3. The smallest absolute Gasteiger partial charge is 0.407 e. The molecule has 8 rings (SSSR count). The first-order valence-corrected chi connectivity index (χ1v) is 22.8. The zero-order valence-electron chi connectivity index (χ0n) is 33.9. The summed E-state index contributed by atoms with van der Waals surface area (Å²) in [5.41, 5.74) is 0.279. The fourth-order valence-electron chi connectivity index (χ4n) is 9.00. The highest BCUT2D eigenvalue weighted by Gasteiger charge is 2.64. The molecule has 5 atom stereocenters. The second-order valence-electron chi connectivity index (χ2n) is 17.7. The number of unbranched alkanes of at least 4 members (excludes halogenated alkanes) is 2. The van der Waals surface area contributed by atoms with Gasteiger partial charge < -0.3 is 29.7 Å². The van der Waals surface area contributed by atoms with Gasteiger partial charge in [0.05, 0.1) is 36.2 Å². The zero-order chi connectivity index (χ0) is 40.9. The van der Waals surface area contributed by atoms with E-state index >= 15 is 0 Å². The van der Waals surface area contributed by atoms with E-state index in [0.29, 0.717) is 62.9 Å². The Bertz CT molecular complexity index is 2120. The third-order valence-electron chi connectivity index (χ3n) is 13.3. The zero-order valence-corrected chi connectivity index (χ0v) is 34.7. The molecule has 3 saturated carbocycles. The molecule has 6 aliphatic rings. The van der Waals surface area contributed by atoms with Crippen molar-refractivity contribution in [3.05, 3.63) is 41.6 Å². The summed E-state index contributed by atoms with van der Waals surface area (Å²) in [5, 5.41) is 6.78. The normalized spacial score (nSPS) is 29.7. The van der Waals surface area contributed by atoms with Crippen molar-refractivity contribution in [3.8, 4) is 11.5 Å². The van der Waals surface area contributed by atoms with Gasteiger partial charge in [0.15, 0.2) is 0 Å². The summed E-state index contributed by atoms with van der Waals surface area (Å²) in [4.78, 5) is 63.4. The molecule has 1 aromatic carbocycles. The van der Waals surface area contributed by atoms with Gasteiger partial charge in [0.2, 0.25) is 21.8 Å². The van der Waals surface area contributed by atoms with Gasteiger partial charge in [0.25, 0.3) is 5.91 Å². The van der Waals surface area contributed by atoms with Crippen LogP contribution in [0.3, 0.4) is 0 Å². The second kappa shape index (κ2) is 15.6. The highest BCUT2D eigenvalue weighted by molar-refractivity contribution is 7.91. The molecular formula is C43H57N5O9S. The standard InChI is InChI=1S/C43H57N5O9S/c1-4-5-11-22-56-40(52)45-32-13-10-8-6-7-9-12-28-24-43(28,39(51)47-58(53,54)41(2)20-21-41)46-37(49)34-25-42(26-48(34)38(32)50)19-18-31-30-17-16-29(55-3)23-33(30)44-35(27-14-15-27)36(31)57-42/h9,12,16-17,23,27-28,32,34H,4-8,10-11,13-15,18-22,24-26H2,1-3H3,(H,45,52)(H,46,49)(H,47,51)/b12-9-/t28-,32+,34+,42-,43-/m1/s1. The van der Waals surface area contributed by atoms with E-state index in [4.69, 9.17) is 19.2 Å². The molecule has 1 aromatic heterocycles. The molecule has 0 unspecified atom stereocenters. The number of rotatable bonds is 10. The van der Waals surface area contributed by atoms with Crippen molar-refractivity contribution in [1.82, 2.24) is 25.2 Å². The summed E-state index contributed by atoms with van der Waals surface area (Å²) in [7, 11) is -2.36. The van der Waals surface area contributed by atoms with Crippen LogP contribution in [-0.4, -0.2) is 90.3 Å². The molecule has 314 valence electrons. The number of aromatic nitrogens is 1. The van der Waals surface area contributed by atoms with Gasteiger partial charge in [-0.25, -0.2) is 18.2 Å². The molecule has 4 heterocycles. The lowest BCUT2D eigenvalue weighted by Crippen LogP contribution is -2.58. The number of methoxy groups -OCH3 is 1. The molecule has 0 radical (unpaired) electrons. The number of pyridine rings is 1. The Labute approximate surface area is 340 Å². The van der Waals surface area contributed by atoms with Crippen LogP contribution in [0.4, 0.5) is 4.79 Å². The van der Waals surface area contributed by atoms with Crippen LogP contribution in [0.25, 0.3) is 10.9 Å². The Morgan fingerprint density at radius 2 is 1.88 bits per heavy atom. The molecule has 3 aliphatic heterocycles. The van der Waals surface area contributed by atoms with Crippen molar-refractivity contribution < 1.29 is 41.8 Å². The lowest BCUT2D eigenvalue weighted by atomic mass is 9.86. The first kappa shape index (κ1) is 40.4. The second-order valence-corrected chi connectivity index (χ2v) is 19.9. The minimum Gasteiger partial charge on any atom is -0.497 e. The fraction of sp³-hybridized carbons (Fsp3) is 0.651. The molecule has 15 heteroatoms. The molecule has 14 nitrogen and oxygen atoms in total. The Morgan fingerprint density at radius 3 is 2.62 bits per heavy atom. The Kier molecular flexibility index (Phi) is 10.9. The van der Waals surface area contributed by atoms with E-state index in [-0.39, 0.29) is 31.9 Å². The van der Waals surface area contributed by atoms with E-state index in [1.165, 1.54) is 4.90 Å². The van der Waals surface area contributed by atoms with E-state index < -0.39 is 67.7 Å². The predicted octanol–water partition coefficient (Wildman–Crippen LogP) is 5.46. The van der Waals surface area contributed by atoms with Crippen molar-refractivity contribution >= 4 is 44.7 Å². The number of amides is 4. The van der Waals surface area contributed by atoms with Crippen LogP contribution in [0.2, 0.25) is 0 Å². The maximum atomic E-state index is 14.8. The predicted molar refractivity (Wildman–Crippen MR) is 216 cm³/mol. The minimum absolute atomic E-state index is 0.0765. The molecule has 4 fully saturated rings. The number of benzene rings is 1. The molecule has 3 aliphatic carbocycles. The van der Waals surface area contributed by atoms with Crippen molar-refractivity contribution in [2.24, 2.45) is 5.92 Å². The molecular weight excluding hydrogens is 763 g/mol. The van der Waals surface area contributed by atoms with Gasteiger partial charge >= 0.3 is 6.09 Å². The van der Waals surface area contributed by atoms with Crippen LogP contribution in [0.5, 0.6) is 11.5 Å². The molecule has 58 heavy (non-hydrogen) atoms. The van der Waals surface area contributed by atoms with Crippen molar-refractivity contribution in [2.45, 2.75) is 150 Å². The van der Waals surface area contributed by atoms with Crippen LogP contribution >= 0.6 is 0 Å². The molecule has 4 amide bonds. The number of ether oxygens (including phenoxy) is 3. The Hall–Kier alpha value is -4.40. The summed E-state index contributed by atoms with van der Waals surface area (Å²) in [5.74, 6) is -0.525. The number of aryl methyl sites for hydroxylation is 1. The topological polar surface area (TPSA) is 182 Å². The van der Waals surface area contributed by atoms with Gasteiger partial charge in [-0.1, -0.05) is 44.8 Å².